The first-order chi connectivity index (χ1) is 7.34. The highest BCUT2D eigenvalue weighted by Gasteiger charge is 2.19. The lowest BCUT2D eigenvalue weighted by Crippen LogP contribution is -2.06. The molecule has 0 aromatic heterocycles. The predicted octanol–water partition coefficient (Wildman–Crippen LogP) is 1.76. The van der Waals surface area contributed by atoms with Crippen LogP contribution in [0.5, 0.6) is 0 Å². The molecule has 1 aromatic carbocycles. The molecule has 0 radical (unpaired) electrons. The Morgan fingerprint density at radius 3 is 1.94 bits per heavy atom. The van der Waals surface area contributed by atoms with E-state index >= 15 is 0 Å². The van der Waals surface area contributed by atoms with Gasteiger partial charge in [0.15, 0.2) is 0 Å². The Bertz CT molecular complexity index is 535. The number of carboxylic acids is 2. The summed E-state index contributed by atoms with van der Waals surface area (Å²) >= 11 is -4.03. The molecule has 0 aliphatic carbocycles. The molecule has 16 heavy (non-hydrogen) atoms. The SMILES string of the molecule is Cc1cc(C(=O)O)c(I(=O)=O)cc1C(=O)O. The molecule has 0 aliphatic rings. The van der Waals surface area contributed by atoms with Gasteiger partial charge >= 0.3 is 31.7 Å². The molecule has 7 heteroatoms. The van der Waals surface area contributed by atoms with Crippen LogP contribution in [0.2, 0.25) is 0 Å². The Hall–Kier alpha value is -1.51. The van der Waals surface area contributed by atoms with Crippen LogP contribution in [0.4, 0.5) is 0 Å². The molecule has 0 fully saturated rings. The van der Waals surface area contributed by atoms with Crippen molar-refractivity contribution in [2.24, 2.45) is 0 Å². The number of hydrogen-bond acceptors (Lipinski definition) is 4. The molecule has 0 unspecified atom stereocenters. The van der Waals surface area contributed by atoms with E-state index in [0.29, 0.717) is 0 Å². The lowest BCUT2D eigenvalue weighted by molar-refractivity contribution is 0.0679. The van der Waals surface area contributed by atoms with E-state index < -0.39 is 35.3 Å². The fraction of sp³-hybridized carbons (Fsp3) is 0.111. The van der Waals surface area contributed by atoms with Crippen LogP contribution in [0.3, 0.4) is 0 Å². The van der Waals surface area contributed by atoms with Crippen molar-refractivity contribution in [2.45, 2.75) is 6.92 Å². The molecule has 0 amide bonds. The first-order valence-electron chi connectivity index (χ1n) is 4.01. The van der Waals surface area contributed by atoms with Gasteiger partial charge in [-0.2, -0.15) is 0 Å². The second-order valence-corrected chi connectivity index (χ2v) is 5.38. The van der Waals surface area contributed by atoms with E-state index in [4.69, 9.17) is 10.2 Å². The van der Waals surface area contributed by atoms with E-state index in [2.05, 4.69) is 0 Å². The van der Waals surface area contributed by atoms with E-state index in [-0.39, 0.29) is 16.7 Å². The largest absolute Gasteiger partial charge is 0.478 e. The molecule has 0 heterocycles. The molecule has 0 bridgehead atoms. The molecule has 0 atom stereocenters. The smallest absolute Gasteiger partial charge is 0.341 e. The van der Waals surface area contributed by atoms with Crippen molar-refractivity contribution < 1.29 is 25.9 Å². The van der Waals surface area contributed by atoms with Crippen LogP contribution in [0.25, 0.3) is 0 Å². The highest BCUT2D eigenvalue weighted by molar-refractivity contribution is 14.2. The van der Waals surface area contributed by atoms with Crippen LogP contribution in [0.1, 0.15) is 26.3 Å². The minimum atomic E-state index is -4.03. The normalized spacial score (nSPS) is 10.4. The zero-order valence-electron chi connectivity index (χ0n) is 8.06. The molecule has 1 aromatic rings. The van der Waals surface area contributed by atoms with Crippen molar-refractivity contribution in [3.05, 3.63) is 32.4 Å². The van der Waals surface area contributed by atoms with Crippen molar-refractivity contribution in [3.63, 3.8) is 0 Å². The standard InChI is InChI=1S/C9H7IO6/c1-4-2-6(9(13)14)7(10(15)16)3-5(4)8(11)12/h2-3H,1H3,(H,11,12)(H,13,14). The number of carboxylic acid groups (broad SMARTS) is 2. The van der Waals surface area contributed by atoms with Gasteiger partial charge in [0.1, 0.15) is 0 Å². The van der Waals surface area contributed by atoms with Gasteiger partial charge in [-0.3, -0.25) is 0 Å². The van der Waals surface area contributed by atoms with Gasteiger partial charge in [-0.1, -0.05) is 0 Å². The predicted molar refractivity (Wildman–Crippen MR) is 59.2 cm³/mol. The molecule has 0 spiro atoms. The summed E-state index contributed by atoms with van der Waals surface area (Å²) in [6, 6.07) is 1.95. The van der Waals surface area contributed by atoms with Gasteiger partial charge in [-0.05, 0) is 24.6 Å². The average molecular weight is 338 g/mol. The Labute approximate surface area is 97.0 Å². The Balaban J connectivity index is 3.62. The number of aromatic carboxylic acids is 2. The minimum Gasteiger partial charge on any atom is -0.478 e. The Morgan fingerprint density at radius 1 is 1.06 bits per heavy atom. The fourth-order valence-corrected chi connectivity index (χ4v) is 2.63. The summed E-state index contributed by atoms with van der Waals surface area (Å²) in [5.74, 6) is -2.67. The number of halogens is 1. The van der Waals surface area contributed by atoms with Gasteiger partial charge < -0.3 is 10.2 Å². The Morgan fingerprint density at radius 2 is 1.56 bits per heavy atom. The minimum absolute atomic E-state index is 0.200. The van der Waals surface area contributed by atoms with Crippen molar-refractivity contribution in [2.75, 3.05) is 0 Å². The maximum Gasteiger partial charge on any atom is 0.341 e. The van der Waals surface area contributed by atoms with Gasteiger partial charge in [0.2, 0.25) is 0 Å². The van der Waals surface area contributed by atoms with Crippen molar-refractivity contribution in [1.29, 1.82) is 0 Å². The summed E-state index contributed by atoms with van der Waals surface area (Å²) in [6.07, 6.45) is 0. The van der Waals surface area contributed by atoms with Gasteiger partial charge in [-0.15, -0.1) is 0 Å². The van der Waals surface area contributed by atoms with Crippen molar-refractivity contribution in [1.82, 2.24) is 0 Å². The summed E-state index contributed by atoms with van der Waals surface area (Å²) < 4.78 is 21.4. The molecule has 0 saturated heterocycles. The first-order valence-corrected chi connectivity index (χ1v) is 6.85. The number of rotatable bonds is 3. The third-order valence-electron chi connectivity index (χ3n) is 1.94. The van der Waals surface area contributed by atoms with Crippen molar-refractivity contribution in [3.8, 4) is 0 Å². The lowest BCUT2D eigenvalue weighted by atomic mass is 10.1. The number of aryl methyl sites for hydroxylation is 1. The summed E-state index contributed by atoms with van der Waals surface area (Å²) in [6.45, 7) is 1.41. The monoisotopic (exact) mass is 338 g/mol. The summed E-state index contributed by atoms with van der Waals surface area (Å²) in [4.78, 5) is 21.5. The van der Waals surface area contributed by atoms with Crippen LogP contribution in [0.15, 0.2) is 12.1 Å². The van der Waals surface area contributed by atoms with E-state index in [1.54, 1.807) is 0 Å². The van der Waals surface area contributed by atoms with Gasteiger partial charge in [-0.25, -0.2) is 15.7 Å². The summed E-state index contributed by atoms with van der Waals surface area (Å²) in [7, 11) is 0. The highest BCUT2D eigenvalue weighted by atomic mass is 127. The van der Waals surface area contributed by atoms with E-state index in [0.717, 1.165) is 12.1 Å². The van der Waals surface area contributed by atoms with Crippen LogP contribution < -0.4 is 0 Å². The average Bonchev–Trinajstić information content (AvgIpc) is 2.15. The third kappa shape index (κ3) is 2.35. The van der Waals surface area contributed by atoms with Gasteiger partial charge in [0, 0.05) is 0 Å². The molecular formula is C9H7IO6. The van der Waals surface area contributed by atoms with Crippen LogP contribution in [-0.2, 0) is 6.14 Å². The number of carbonyl (C=O) groups is 2. The molecule has 0 saturated carbocycles. The van der Waals surface area contributed by atoms with Crippen molar-refractivity contribution >= 4 is 31.7 Å². The van der Waals surface area contributed by atoms with E-state index in [9.17, 15) is 15.7 Å². The van der Waals surface area contributed by atoms with E-state index in [1.807, 2.05) is 0 Å². The van der Waals surface area contributed by atoms with Gasteiger partial charge in [0.05, 0.1) is 14.7 Å². The third-order valence-corrected chi connectivity index (χ3v) is 3.78. The quantitative estimate of drug-likeness (QED) is 0.813. The second kappa shape index (κ2) is 4.56. The molecular weight excluding hydrogens is 331 g/mol. The molecule has 0 aliphatic heterocycles. The van der Waals surface area contributed by atoms with E-state index in [1.165, 1.54) is 6.92 Å². The Kier molecular flexibility index (Phi) is 3.58. The maximum atomic E-state index is 10.9. The number of benzene rings is 1. The topological polar surface area (TPSA) is 109 Å². The lowest BCUT2D eigenvalue weighted by Gasteiger charge is -2.04. The fourth-order valence-electron chi connectivity index (χ4n) is 1.20. The summed E-state index contributed by atoms with van der Waals surface area (Å²) in [5.41, 5.74) is -0.363. The molecule has 86 valence electrons. The van der Waals surface area contributed by atoms with Crippen LogP contribution in [-0.4, -0.2) is 22.2 Å². The number of hydrogen-bond donors (Lipinski definition) is 2. The second-order valence-electron chi connectivity index (χ2n) is 2.97. The zero-order chi connectivity index (χ0) is 12.5. The first kappa shape index (κ1) is 12.6. The highest BCUT2D eigenvalue weighted by Crippen LogP contribution is 2.25. The zero-order valence-corrected chi connectivity index (χ0v) is 10.2. The maximum absolute atomic E-state index is 10.9. The summed E-state index contributed by atoms with van der Waals surface area (Å²) in [5, 5.41) is 17.5. The van der Waals surface area contributed by atoms with Crippen LogP contribution >= 0.6 is 19.8 Å². The molecule has 2 N–H and O–H groups in total. The van der Waals surface area contributed by atoms with Gasteiger partial charge in [0.25, 0.3) is 0 Å². The molecule has 1 rings (SSSR count). The molecule has 6 nitrogen and oxygen atoms in total. The van der Waals surface area contributed by atoms with Crippen LogP contribution in [0, 0.1) is 10.5 Å².